The first-order chi connectivity index (χ1) is 10.1. The highest BCUT2D eigenvalue weighted by atomic mass is 16.3. The zero-order chi connectivity index (χ0) is 14.8. The first-order valence-corrected chi connectivity index (χ1v) is 8.40. The molecule has 2 amide bonds. The Morgan fingerprint density at radius 1 is 0.857 bits per heavy atom. The van der Waals surface area contributed by atoms with E-state index in [4.69, 9.17) is 0 Å². The molecule has 0 aromatic carbocycles. The summed E-state index contributed by atoms with van der Waals surface area (Å²) in [6.07, 6.45) is 6.84. The zero-order valence-corrected chi connectivity index (χ0v) is 12.6. The highest BCUT2D eigenvalue weighted by molar-refractivity contribution is 5.82. The lowest BCUT2D eigenvalue weighted by Gasteiger charge is -2.33. The van der Waals surface area contributed by atoms with Gasteiger partial charge in [-0.2, -0.15) is 0 Å². The summed E-state index contributed by atoms with van der Waals surface area (Å²) in [5, 5.41) is 12.6. The third kappa shape index (κ3) is 3.76. The topological polar surface area (TPSA) is 69.6 Å². The van der Waals surface area contributed by atoms with Crippen molar-refractivity contribution in [2.24, 2.45) is 11.8 Å². The van der Waals surface area contributed by atoms with E-state index in [0.29, 0.717) is 5.91 Å². The minimum absolute atomic E-state index is 0.0557. The molecule has 21 heavy (non-hydrogen) atoms. The van der Waals surface area contributed by atoms with Gasteiger partial charge in [0, 0.05) is 31.0 Å². The average molecular weight is 294 g/mol. The lowest BCUT2D eigenvalue weighted by Crippen LogP contribution is -2.46. The maximum atomic E-state index is 12.3. The van der Waals surface area contributed by atoms with Crippen molar-refractivity contribution in [3.05, 3.63) is 0 Å². The molecule has 2 aliphatic carbocycles. The number of carbonyl (C=O) groups excluding carboxylic acids is 2. The van der Waals surface area contributed by atoms with Crippen LogP contribution in [0.25, 0.3) is 0 Å². The number of rotatable bonds is 3. The zero-order valence-electron chi connectivity index (χ0n) is 12.6. The van der Waals surface area contributed by atoms with Gasteiger partial charge in [-0.15, -0.1) is 0 Å². The summed E-state index contributed by atoms with van der Waals surface area (Å²) >= 11 is 0. The summed E-state index contributed by atoms with van der Waals surface area (Å²) in [5.41, 5.74) is 0. The van der Waals surface area contributed by atoms with Crippen LogP contribution in [0.1, 0.15) is 51.4 Å². The predicted molar refractivity (Wildman–Crippen MR) is 78.4 cm³/mol. The van der Waals surface area contributed by atoms with Gasteiger partial charge in [0.15, 0.2) is 0 Å². The van der Waals surface area contributed by atoms with E-state index >= 15 is 0 Å². The highest BCUT2D eigenvalue weighted by Crippen LogP contribution is 2.32. The Morgan fingerprint density at radius 3 is 2.05 bits per heavy atom. The first-order valence-electron chi connectivity index (χ1n) is 8.40. The molecule has 0 spiro atoms. The number of aliphatic hydroxyl groups excluding tert-OH is 1. The minimum atomic E-state index is -0.185. The molecule has 0 aromatic rings. The Balaban J connectivity index is 1.41. The molecule has 3 aliphatic rings. The molecule has 0 aromatic heterocycles. The van der Waals surface area contributed by atoms with Gasteiger partial charge in [0.2, 0.25) is 11.8 Å². The van der Waals surface area contributed by atoms with Gasteiger partial charge < -0.3 is 15.3 Å². The molecule has 118 valence electrons. The van der Waals surface area contributed by atoms with Crippen LogP contribution in [0, 0.1) is 11.8 Å². The quantitative estimate of drug-likeness (QED) is 0.817. The van der Waals surface area contributed by atoms with Crippen molar-refractivity contribution in [2.45, 2.75) is 63.5 Å². The molecular weight excluding hydrogens is 268 g/mol. The number of nitrogens with zero attached hydrogens (tertiary/aromatic N) is 1. The second-order valence-electron chi connectivity index (χ2n) is 6.89. The number of amides is 2. The summed E-state index contributed by atoms with van der Waals surface area (Å²) in [6, 6.07) is 0.229. The molecule has 1 aliphatic heterocycles. The second-order valence-corrected chi connectivity index (χ2v) is 6.89. The lowest BCUT2D eigenvalue weighted by atomic mass is 9.91. The summed E-state index contributed by atoms with van der Waals surface area (Å²) in [5.74, 6) is 0.786. The largest absolute Gasteiger partial charge is 0.393 e. The predicted octanol–water partition coefficient (Wildman–Crippen LogP) is 1.05. The molecule has 5 nitrogen and oxygen atoms in total. The molecule has 1 saturated heterocycles. The van der Waals surface area contributed by atoms with Crippen LogP contribution in [0.3, 0.4) is 0 Å². The van der Waals surface area contributed by atoms with Gasteiger partial charge in [0.1, 0.15) is 0 Å². The Hall–Kier alpha value is -1.10. The fourth-order valence-corrected chi connectivity index (χ4v) is 3.49. The molecule has 5 heteroatoms. The SMILES string of the molecule is O=C(NC1CCC(O)CC1)C1CCN(C(=O)C2CC2)CC1. The van der Waals surface area contributed by atoms with E-state index in [9.17, 15) is 14.7 Å². The second kappa shape index (κ2) is 6.34. The van der Waals surface area contributed by atoms with Crippen molar-refractivity contribution >= 4 is 11.8 Å². The average Bonchev–Trinajstić information content (AvgIpc) is 3.34. The fourth-order valence-electron chi connectivity index (χ4n) is 3.49. The number of nitrogens with one attached hydrogen (secondary N) is 1. The summed E-state index contributed by atoms with van der Waals surface area (Å²) < 4.78 is 0. The van der Waals surface area contributed by atoms with E-state index in [-0.39, 0.29) is 29.9 Å². The number of hydrogen-bond donors (Lipinski definition) is 2. The normalized spacial score (nSPS) is 31.0. The smallest absolute Gasteiger partial charge is 0.225 e. The van der Waals surface area contributed by atoms with Crippen LogP contribution in [-0.4, -0.2) is 47.1 Å². The molecule has 0 radical (unpaired) electrons. The van der Waals surface area contributed by atoms with Gasteiger partial charge >= 0.3 is 0 Å². The Kier molecular flexibility index (Phi) is 4.48. The van der Waals surface area contributed by atoms with E-state index in [1.807, 2.05) is 4.90 Å². The molecule has 3 rings (SSSR count). The van der Waals surface area contributed by atoms with Crippen LogP contribution in [0.4, 0.5) is 0 Å². The van der Waals surface area contributed by atoms with E-state index in [2.05, 4.69) is 5.32 Å². The lowest BCUT2D eigenvalue weighted by molar-refractivity contribution is -0.137. The van der Waals surface area contributed by atoms with Gasteiger partial charge in [0.05, 0.1) is 6.10 Å². The van der Waals surface area contributed by atoms with Crippen LogP contribution in [-0.2, 0) is 9.59 Å². The van der Waals surface area contributed by atoms with E-state index in [0.717, 1.165) is 64.5 Å². The number of carbonyl (C=O) groups is 2. The Labute approximate surface area is 126 Å². The van der Waals surface area contributed by atoms with Crippen molar-refractivity contribution in [1.29, 1.82) is 0 Å². The third-order valence-electron chi connectivity index (χ3n) is 5.15. The van der Waals surface area contributed by atoms with Gasteiger partial charge in [-0.25, -0.2) is 0 Å². The van der Waals surface area contributed by atoms with Crippen LogP contribution >= 0.6 is 0 Å². The summed E-state index contributed by atoms with van der Waals surface area (Å²) in [6.45, 7) is 1.47. The number of hydrogen-bond acceptors (Lipinski definition) is 3. The summed E-state index contributed by atoms with van der Waals surface area (Å²) in [7, 11) is 0. The Bertz CT molecular complexity index is 392. The van der Waals surface area contributed by atoms with Gasteiger partial charge in [-0.3, -0.25) is 9.59 Å². The number of piperidine rings is 1. The molecular formula is C16H26N2O3. The van der Waals surface area contributed by atoms with Crippen molar-refractivity contribution < 1.29 is 14.7 Å². The Morgan fingerprint density at radius 2 is 1.48 bits per heavy atom. The van der Waals surface area contributed by atoms with Gasteiger partial charge in [0.25, 0.3) is 0 Å². The maximum absolute atomic E-state index is 12.3. The minimum Gasteiger partial charge on any atom is -0.393 e. The third-order valence-corrected chi connectivity index (χ3v) is 5.15. The van der Waals surface area contributed by atoms with E-state index in [1.165, 1.54) is 0 Å². The molecule has 2 saturated carbocycles. The fraction of sp³-hybridized carbons (Fsp3) is 0.875. The highest BCUT2D eigenvalue weighted by Gasteiger charge is 2.36. The van der Waals surface area contributed by atoms with Gasteiger partial charge in [-0.05, 0) is 51.4 Å². The van der Waals surface area contributed by atoms with Crippen LogP contribution < -0.4 is 5.32 Å². The molecule has 1 heterocycles. The van der Waals surface area contributed by atoms with Crippen LogP contribution in [0.5, 0.6) is 0 Å². The first kappa shape index (κ1) is 14.8. The molecule has 0 unspecified atom stereocenters. The number of aliphatic hydroxyl groups is 1. The molecule has 0 bridgehead atoms. The van der Waals surface area contributed by atoms with Crippen molar-refractivity contribution in [3.8, 4) is 0 Å². The standard InChI is InChI=1S/C16H26N2O3/c19-14-5-3-13(4-6-14)17-15(20)11-7-9-18(10-8-11)16(21)12-1-2-12/h11-14,19H,1-10H2,(H,17,20). The maximum Gasteiger partial charge on any atom is 0.225 e. The van der Waals surface area contributed by atoms with Gasteiger partial charge in [-0.1, -0.05) is 0 Å². The van der Waals surface area contributed by atoms with Crippen LogP contribution in [0.15, 0.2) is 0 Å². The van der Waals surface area contributed by atoms with Crippen LogP contribution in [0.2, 0.25) is 0 Å². The van der Waals surface area contributed by atoms with E-state index in [1.54, 1.807) is 0 Å². The monoisotopic (exact) mass is 294 g/mol. The molecule has 0 atom stereocenters. The van der Waals surface area contributed by atoms with Crippen molar-refractivity contribution in [1.82, 2.24) is 10.2 Å². The van der Waals surface area contributed by atoms with Crippen molar-refractivity contribution in [2.75, 3.05) is 13.1 Å². The molecule has 2 N–H and O–H groups in total. The summed E-state index contributed by atoms with van der Waals surface area (Å²) in [4.78, 5) is 26.2. The number of likely N-dealkylation sites (tertiary alicyclic amines) is 1. The molecule has 3 fully saturated rings. The van der Waals surface area contributed by atoms with Crippen molar-refractivity contribution in [3.63, 3.8) is 0 Å². The van der Waals surface area contributed by atoms with E-state index < -0.39 is 0 Å².